The van der Waals surface area contributed by atoms with Gasteiger partial charge in [-0.1, -0.05) is 30.3 Å². The fourth-order valence-corrected chi connectivity index (χ4v) is 2.99. The number of thiazole rings is 1. The van der Waals surface area contributed by atoms with Gasteiger partial charge in [-0.3, -0.25) is 5.43 Å². The molecule has 0 aliphatic rings. The van der Waals surface area contributed by atoms with Gasteiger partial charge in [0.2, 0.25) is 0 Å². The van der Waals surface area contributed by atoms with E-state index >= 15 is 0 Å². The third-order valence-electron chi connectivity index (χ3n) is 3.29. The van der Waals surface area contributed by atoms with Crippen LogP contribution in [0.15, 0.2) is 65.1 Å². The van der Waals surface area contributed by atoms with Crippen molar-refractivity contribution in [3.8, 4) is 17.0 Å². The summed E-state index contributed by atoms with van der Waals surface area (Å²) in [6.07, 6.45) is 1.71. The standard InChI is InChI=1S/C18H16N4OS2/c1-23-15-9-7-14(8-10-15)16-12-25-18(20-16)21-17(24)22-19-11-13-5-3-2-4-6-13/h2-12H,1H3,(H2,20,21,22,24). The van der Waals surface area contributed by atoms with Crippen molar-refractivity contribution in [2.75, 3.05) is 12.4 Å². The van der Waals surface area contributed by atoms with Gasteiger partial charge >= 0.3 is 0 Å². The first-order chi connectivity index (χ1) is 12.2. The van der Waals surface area contributed by atoms with Gasteiger partial charge in [0.25, 0.3) is 0 Å². The molecule has 7 heteroatoms. The molecule has 25 heavy (non-hydrogen) atoms. The minimum atomic E-state index is 0.391. The molecule has 0 saturated carbocycles. The first-order valence-electron chi connectivity index (χ1n) is 7.49. The van der Waals surface area contributed by atoms with Crippen LogP contribution in [0.2, 0.25) is 0 Å². The van der Waals surface area contributed by atoms with E-state index in [-0.39, 0.29) is 0 Å². The molecule has 0 unspecified atom stereocenters. The lowest BCUT2D eigenvalue weighted by Crippen LogP contribution is -2.23. The molecule has 0 fully saturated rings. The molecule has 0 aliphatic carbocycles. The van der Waals surface area contributed by atoms with E-state index < -0.39 is 0 Å². The number of nitrogens with zero attached hydrogens (tertiary/aromatic N) is 2. The Morgan fingerprint density at radius 2 is 1.92 bits per heavy atom. The van der Waals surface area contributed by atoms with Crippen molar-refractivity contribution in [2.24, 2.45) is 5.10 Å². The van der Waals surface area contributed by atoms with E-state index in [2.05, 4.69) is 20.8 Å². The number of thiocarbonyl (C=S) groups is 1. The second kappa shape index (κ2) is 8.36. The van der Waals surface area contributed by atoms with E-state index in [1.807, 2.05) is 60.0 Å². The maximum Gasteiger partial charge on any atom is 0.193 e. The minimum Gasteiger partial charge on any atom is -0.497 e. The van der Waals surface area contributed by atoms with Crippen LogP contribution >= 0.6 is 23.6 Å². The Bertz CT molecular complexity index is 860. The van der Waals surface area contributed by atoms with E-state index in [1.54, 1.807) is 13.3 Å². The van der Waals surface area contributed by atoms with Crippen molar-refractivity contribution >= 4 is 40.0 Å². The Morgan fingerprint density at radius 3 is 2.64 bits per heavy atom. The number of benzene rings is 2. The third-order valence-corrected chi connectivity index (χ3v) is 4.24. The summed E-state index contributed by atoms with van der Waals surface area (Å²) in [4.78, 5) is 4.53. The zero-order valence-corrected chi connectivity index (χ0v) is 15.1. The molecule has 0 atom stereocenters. The van der Waals surface area contributed by atoms with Gasteiger partial charge in [0.1, 0.15) is 5.75 Å². The van der Waals surface area contributed by atoms with Crippen LogP contribution in [0, 0.1) is 0 Å². The van der Waals surface area contributed by atoms with Gasteiger partial charge in [-0.2, -0.15) is 5.10 Å². The molecule has 0 bridgehead atoms. The van der Waals surface area contributed by atoms with E-state index in [0.717, 1.165) is 22.6 Å². The number of hydrogen-bond acceptors (Lipinski definition) is 5. The van der Waals surface area contributed by atoms with Crippen LogP contribution in [0.1, 0.15) is 5.56 Å². The Hall–Kier alpha value is -2.77. The Morgan fingerprint density at radius 1 is 1.16 bits per heavy atom. The number of hydrazone groups is 1. The van der Waals surface area contributed by atoms with Crippen molar-refractivity contribution in [2.45, 2.75) is 0 Å². The fraction of sp³-hybridized carbons (Fsp3) is 0.0556. The van der Waals surface area contributed by atoms with Crippen LogP contribution in [0.25, 0.3) is 11.3 Å². The van der Waals surface area contributed by atoms with Gasteiger partial charge in [0, 0.05) is 10.9 Å². The van der Waals surface area contributed by atoms with E-state index in [4.69, 9.17) is 17.0 Å². The summed E-state index contributed by atoms with van der Waals surface area (Å²) in [6.45, 7) is 0. The van der Waals surface area contributed by atoms with Gasteiger partial charge in [0.05, 0.1) is 19.0 Å². The average Bonchev–Trinajstić information content (AvgIpc) is 3.11. The molecule has 0 amide bonds. The molecule has 0 radical (unpaired) electrons. The fourth-order valence-electron chi connectivity index (χ4n) is 2.06. The zero-order chi connectivity index (χ0) is 17.5. The number of methoxy groups -OCH3 is 1. The molecule has 126 valence electrons. The lowest BCUT2D eigenvalue weighted by Gasteiger charge is -2.03. The molecule has 2 aromatic carbocycles. The maximum absolute atomic E-state index is 5.22. The number of aromatic nitrogens is 1. The quantitative estimate of drug-likeness (QED) is 0.403. The van der Waals surface area contributed by atoms with Crippen molar-refractivity contribution in [1.29, 1.82) is 0 Å². The molecular formula is C18H16N4OS2. The van der Waals surface area contributed by atoms with Gasteiger partial charge in [-0.15, -0.1) is 11.3 Å². The number of anilines is 1. The third kappa shape index (κ3) is 4.85. The highest BCUT2D eigenvalue weighted by atomic mass is 32.1. The van der Waals surface area contributed by atoms with Crippen molar-refractivity contribution < 1.29 is 4.74 Å². The lowest BCUT2D eigenvalue weighted by molar-refractivity contribution is 0.415. The Labute approximate surface area is 155 Å². The first-order valence-corrected chi connectivity index (χ1v) is 8.78. The second-order valence-corrected chi connectivity index (χ2v) is 6.27. The first kappa shape index (κ1) is 17.1. The van der Waals surface area contributed by atoms with Gasteiger partial charge in [-0.05, 0) is 42.0 Å². The van der Waals surface area contributed by atoms with Crippen LogP contribution in [0.5, 0.6) is 5.75 Å². The predicted octanol–water partition coefficient (Wildman–Crippen LogP) is 4.14. The largest absolute Gasteiger partial charge is 0.497 e. The highest BCUT2D eigenvalue weighted by Crippen LogP contribution is 2.26. The zero-order valence-electron chi connectivity index (χ0n) is 13.5. The highest BCUT2D eigenvalue weighted by molar-refractivity contribution is 7.80. The van der Waals surface area contributed by atoms with Crippen LogP contribution < -0.4 is 15.5 Å². The molecule has 3 rings (SSSR count). The number of ether oxygens (including phenoxy) is 1. The molecule has 0 spiro atoms. The monoisotopic (exact) mass is 368 g/mol. The van der Waals surface area contributed by atoms with Crippen LogP contribution in [-0.2, 0) is 0 Å². The molecule has 0 aliphatic heterocycles. The summed E-state index contributed by atoms with van der Waals surface area (Å²) in [5, 5.41) is 10.2. The smallest absolute Gasteiger partial charge is 0.193 e. The minimum absolute atomic E-state index is 0.391. The molecular weight excluding hydrogens is 352 g/mol. The highest BCUT2D eigenvalue weighted by Gasteiger charge is 2.06. The molecule has 3 aromatic rings. The molecule has 1 heterocycles. The van der Waals surface area contributed by atoms with Crippen molar-refractivity contribution in [3.63, 3.8) is 0 Å². The van der Waals surface area contributed by atoms with Crippen LogP contribution in [0.3, 0.4) is 0 Å². The van der Waals surface area contributed by atoms with Crippen molar-refractivity contribution in [1.82, 2.24) is 10.4 Å². The van der Waals surface area contributed by atoms with E-state index in [1.165, 1.54) is 11.3 Å². The maximum atomic E-state index is 5.22. The van der Waals surface area contributed by atoms with Crippen LogP contribution in [-0.4, -0.2) is 23.4 Å². The topological polar surface area (TPSA) is 58.5 Å². The normalized spacial score (nSPS) is 10.6. The summed E-state index contributed by atoms with van der Waals surface area (Å²) in [5.74, 6) is 0.819. The molecule has 0 saturated heterocycles. The molecule has 1 aromatic heterocycles. The van der Waals surface area contributed by atoms with E-state index in [0.29, 0.717) is 10.2 Å². The SMILES string of the molecule is COc1ccc(-c2csc(NC(=S)NN=Cc3ccccc3)n2)cc1. The molecule has 5 nitrogen and oxygen atoms in total. The predicted molar refractivity (Wildman–Crippen MR) is 107 cm³/mol. The summed E-state index contributed by atoms with van der Waals surface area (Å²) in [6, 6.07) is 17.5. The number of rotatable bonds is 5. The average molecular weight is 368 g/mol. The number of hydrogen-bond donors (Lipinski definition) is 2. The summed E-state index contributed by atoms with van der Waals surface area (Å²) >= 11 is 6.70. The lowest BCUT2D eigenvalue weighted by atomic mass is 10.2. The second-order valence-electron chi connectivity index (χ2n) is 5.00. The summed E-state index contributed by atoms with van der Waals surface area (Å²) in [7, 11) is 1.65. The summed E-state index contributed by atoms with van der Waals surface area (Å²) in [5.41, 5.74) is 5.68. The van der Waals surface area contributed by atoms with Crippen molar-refractivity contribution in [3.05, 3.63) is 65.5 Å². The van der Waals surface area contributed by atoms with E-state index in [9.17, 15) is 0 Å². The molecule has 2 N–H and O–H groups in total. The Balaban J connectivity index is 1.57. The van der Waals surface area contributed by atoms with Crippen LogP contribution in [0.4, 0.5) is 5.13 Å². The van der Waals surface area contributed by atoms with Gasteiger partial charge < -0.3 is 10.1 Å². The number of nitrogens with one attached hydrogen (secondary N) is 2. The summed E-state index contributed by atoms with van der Waals surface area (Å²) < 4.78 is 5.16. The Kier molecular flexibility index (Phi) is 5.71. The van der Waals surface area contributed by atoms with Gasteiger partial charge in [0.15, 0.2) is 10.2 Å². The van der Waals surface area contributed by atoms with Gasteiger partial charge in [-0.25, -0.2) is 4.98 Å².